The van der Waals surface area contributed by atoms with E-state index in [0.29, 0.717) is 12.3 Å². The largest absolute Gasteiger partial charge is 0.357 e. The second kappa shape index (κ2) is 7.25. The lowest BCUT2D eigenvalue weighted by Crippen LogP contribution is -2.48. The summed E-state index contributed by atoms with van der Waals surface area (Å²) in [7, 11) is 1.58. The number of carbonyl (C=O) groups excluding carboxylic acids is 2. The third kappa shape index (κ3) is 5.73. The molecule has 4 nitrogen and oxygen atoms in total. The maximum atomic E-state index is 11.6. The first-order valence-corrected chi connectivity index (χ1v) is 5.89. The number of rotatable bonds is 6. The van der Waals surface area contributed by atoms with E-state index in [0.717, 1.165) is 6.42 Å². The lowest BCUT2D eigenvalue weighted by Gasteiger charge is -2.20. The van der Waals surface area contributed by atoms with Gasteiger partial charge in [-0.2, -0.15) is 0 Å². The molecular formula is C12H24N2O2. The molecule has 0 aliphatic rings. The average molecular weight is 228 g/mol. The molecule has 0 aromatic heterocycles. The van der Waals surface area contributed by atoms with Gasteiger partial charge in [-0.1, -0.05) is 27.7 Å². The Kier molecular flexibility index (Phi) is 6.77. The van der Waals surface area contributed by atoms with Gasteiger partial charge in [-0.3, -0.25) is 9.59 Å². The fraction of sp³-hybridized carbons (Fsp3) is 0.833. The van der Waals surface area contributed by atoms with Crippen molar-refractivity contribution in [3.8, 4) is 0 Å². The van der Waals surface area contributed by atoms with Crippen LogP contribution < -0.4 is 10.6 Å². The highest BCUT2D eigenvalue weighted by Gasteiger charge is 2.22. The van der Waals surface area contributed by atoms with Crippen molar-refractivity contribution < 1.29 is 9.59 Å². The number of carbonyl (C=O) groups is 2. The van der Waals surface area contributed by atoms with Gasteiger partial charge in [0.05, 0.1) is 0 Å². The molecule has 2 N–H and O–H groups in total. The predicted octanol–water partition coefficient (Wildman–Crippen LogP) is 1.31. The van der Waals surface area contributed by atoms with Crippen molar-refractivity contribution in [2.24, 2.45) is 11.8 Å². The Morgan fingerprint density at radius 1 is 1.12 bits per heavy atom. The lowest BCUT2D eigenvalue weighted by molar-refractivity contribution is -0.129. The molecule has 0 heterocycles. The molecule has 0 aromatic carbocycles. The monoisotopic (exact) mass is 228 g/mol. The summed E-state index contributed by atoms with van der Waals surface area (Å²) in [6.07, 6.45) is 1.34. The molecule has 0 rings (SSSR count). The van der Waals surface area contributed by atoms with Crippen molar-refractivity contribution in [2.45, 2.75) is 46.6 Å². The van der Waals surface area contributed by atoms with Crippen LogP contribution in [-0.2, 0) is 9.59 Å². The normalized spacial score (nSPS) is 12.7. The Morgan fingerprint density at radius 3 is 2.06 bits per heavy atom. The van der Waals surface area contributed by atoms with Crippen LogP contribution in [0.2, 0.25) is 0 Å². The second-order valence-electron chi connectivity index (χ2n) is 4.84. The van der Waals surface area contributed by atoms with E-state index in [4.69, 9.17) is 0 Å². The molecule has 1 atom stereocenters. The zero-order valence-electron chi connectivity index (χ0n) is 11.0. The highest BCUT2D eigenvalue weighted by molar-refractivity contribution is 5.87. The van der Waals surface area contributed by atoms with Crippen LogP contribution in [0, 0.1) is 11.8 Å². The van der Waals surface area contributed by atoms with Crippen molar-refractivity contribution in [1.29, 1.82) is 0 Å². The molecule has 0 saturated heterocycles. The third-order valence-electron chi connectivity index (χ3n) is 2.46. The van der Waals surface area contributed by atoms with Crippen LogP contribution in [0.25, 0.3) is 0 Å². The first-order chi connectivity index (χ1) is 7.38. The van der Waals surface area contributed by atoms with E-state index in [-0.39, 0.29) is 17.7 Å². The molecule has 0 aliphatic heterocycles. The van der Waals surface area contributed by atoms with Gasteiger partial charge in [0.1, 0.15) is 6.04 Å². The maximum Gasteiger partial charge on any atom is 0.242 e. The summed E-state index contributed by atoms with van der Waals surface area (Å²) in [5.74, 6) is 0.426. The zero-order valence-corrected chi connectivity index (χ0v) is 11.0. The van der Waals surface area contributed by atoms with Crippen molar-refractivity contribution in [3.05, 3.63) is 0 Å². The SMILES string of the molecule is CNC(=O)[C@@H](NC(=O)CCC(C)C)C(C)C. The minimum atomic E-state index is -0.426. The van der Waals surface area contributed by atoms with Crippen LogP contribution in [0.3, 0.4) is 0 Å². The standard InChI is InChI=1S/C12H24N2O2/c1-8(2)6-7-10(15)14-11(9(3)4)12(16)13-5/h8-9,11H,6-7H2,1-5H3,(H,13,16)(H,14,15)/t11-/m0/s1. The van der Waals surface area contributed by atoms with E-state index in [1.165, 1.54) is 0 Å². The van der Waals surface area contributed by atoms with Crippen molar-refractivity contribution >= 4 is 11.8 Å². The van der Waals surface area contributed by atoms with Gasteiger partial charge in [0.25, 0.3) is 0 Å². The fourth-order valence-electron chi connectivity index (χ4n) is 1.36. The number of amides is 2. The van der Waals surface area contributed by atoms with E-state index in [1.807, 2.05) is 13.8 Å². The summed E-state index contributed by atoms with van der Waals surface area (Å²) in [6, 6.07) is -0.426. The minimum absolute atomic E-state index is 0.0454. The molecule has 0 fully saturated rings. The van der Waals surface area contributed by atoms with E-state index in [1.54, 1.807) is 7.05 Å². The van der Waals surface area contributed by atoms with Crippen molar-refractivity contribution in [1.82, 2.24) is 10.6 Å². The average Bonchev–Trinajstić information content (AvgIpc) is 2.21. The first kappa shape index (κ1) is 14.9. The molecule has 0 unspecified atom stereocenters. The molecule has 4 heteroatoms. The van der Waals surface area contributed by atoms with E-state index in [2.05, 4.69) is 24.5 Å². The second-order valence-corrected chi connectivity index (χ2v) is 4.84. The van der Waals surface area contributed by atoms with E-state index >= 15 is 0 Å². The minimum Gasteiger partial charge on any atom is -0.357 e. The number of nitrogens with one attached hydrogen (secondary N) is 2. The molecule has 16 heavy (non-hydrogen) atoms. The van der Waals surface area contributed by atoms with Crippen molar-refractivity contribution in [2.75, 3.05) is 7.05 Å². The smallest absolute Gasteiger partial charge is 0.242 e. The number of likely N-dealkylation sites (N-methyl/N-ethyl adjacent to an activating group) is 1. The molecule has 0 bridgehead atoms. The molecule has 0 spiro atoms. The third-order valence-corrected chi connectivity index (χ3v) is 2.46. The predicted molar refractivity (Wildman–Crippen MR) is 64.9 cm³/mol. The Morgan fingerprint density at radius 2 is 1.69 bits per heavy atom. The van der Waals surface area contributed by atoms with Gasteiger partial charge < -0.3 is 10.6 Å². The van der Waals surface area contributed by atoms with Gasteiger partial charge >= 0.3 is 0 Å². The van der Waals surface area contributed by atoms with E-state index < -0.39 is 6.04 Å². The van der Waals surface area contributed by atoms with Crippen LogP contribution in [0.15, 0.2) is 0 Å². The van der Waals surface area contributed by atoms with Crippen LogP contribution in [0.1, 0.15) is 40.5 Å². The van der Waals surface area contributed by atoms with Crippen LogP contribution >= 0.6 is 0 Å². The molecule has 0 aliphatic carbocycles. The molecule has 94 valence electrons. The molecular weight excluding hydrogens is 204 g/mol. The lowest BCUT2D eigenvalue weighted by atomic mass is 10.0. The topological polar surface area (TPSA) is 58.2 Å². The molecule has 0 saturated carbocycles. The molecule has 0 radical (unpaired) electrons. The summed E-state index contributed by atoms with van der Waals surface area (Å²) >= 11 is 0. The first-order valence-electron chi connectivity index (χ1n) is 5.89. The van der Waals surface area contributed by atoms with Gasteiger partial charge in [-0.25, -0.2) is 0 Å². The summed E-state index contributed by atoms with van der Waals surface area (Å²) in [6.45, 7) is 7.99. The Hall–Kier alpha value is -1.06. The molecule has 0 aromatic rings. The fourth-order valence-corrected chi connectivity index (χ4v) is 1.36. The quantitative estimate of drug-likeness (QED) is 0.720. The summed E-state index contributed by atoms with van der Waals surface area (Å²) in [5.41, 5.74) is 0. The maximum absolute atomic E-state index is 11.6. The van der Waals surface area contributed by atoms with Gasteiger partial charge in [-0.05, 0) is 18.3 Å². The summed E-state index contributed by atoms with van der Waals surface area (Å²) < 4.78 is 0. The summed E-state index contributed by atoms with van der Waals surface area (Å²) in [4.78, 5) is 23.1. The molecule has 2 amide bonds. The number of hydrogen-bond acceptors (Lipinski definition) is 2. The zero-order chi connectivity index (χ0) is 12.7. The van der Waals surface area contributed by atoms with Gasteiger partial charge in [0.15, 0.2) is 0 Å². The van der Waals surface area contributed by atoms with Gasteiger partial charge in [-0.15, -0.1) is 0 Å². The van der Waals surface area contributed by atoms with Gasteiger partial charge in [0, 0.05) is 13.5 Å². The van der Waals surface area contributed by atoms with Crippen molar-refractivity contribution in [3.63, 3.8) is 0 Å². The van der Waals surface area contributed by atoms with Crippen LogP contribution in [0.5, 0.6) is 0 Å². The highest BCUT2D eigenvalue weighted by Crippen LogP contribution is 2.06. The Balaban J connectivity index is 4.19. The number of hydrogen-bond donors (Lipinski definition) is 2. The Labute approximate surface area is 98.2 Å². The van der Waals surface area contributed by atoms with E-state index in [9.17, 15) is 9.59 Å². The Bertz CT molecular complexity index is 237. The van der Waals surface area contributed by atoms with Gasteiger partial charge in [0.2, 0.25) is 11.8 Å². The van der Waals surface area contributed by atoms with Crippen LogP contribution in [-0.4, -0.2) is 24.9 Å². The van der Waals surface area contributed by atoms with Crippen LogP contribution in [0.4, 0.5) is 0 Å². The highest BCUT2D eigenvalue weighted by atomic mass is 16.2. The summed E-state index contributed by atoms with van der Waals surface area (Å²) in [5, 5.41) is 5.33.